The van der Waals surface area contributed by atoms with Crippen LogP contribution in [0.1, 0.15) is 19.3 Å². The van der Waals surface area contributed by atoms with Crippen molar-refractivity contribution in [2.75, 3.05) is 12.2 Å². The van der Waals surface area contributed by atoms with Gasteiger partial charge in [0.1, 0.15) is 12.5 Å². The highest BCUT2D eigenvalue weighted by Crippen LogP contribution is 2.29. The van der Waals surface area contributed by atoms with E-state index in [1.807, 2.05) is 24.4 Å². The molecule has 1 aliphatic heterocycles. The fraction of sp³-hybridized carbons (Fsp3) is 0.222. The van der Waals surface area contributed by atoms with Gasteiger partial charge in [-0.05, 0) is 25.0 Å². The van der Waals surface area contributed by atoms with E-state index in [0.29, 0.717) is 29.7 Å². The number of nitrogens with zero attached hydrogens (tertiary/aromatic N) is 4. The summed E-state index contributed by atoms with van der Waals surface area (Å²) in [4.78, 5) is 9.96. The molecule has 1 aliphatic carbocycles. The molecule has 0 N–H and O–H groups in total. The van der Waals surface area contributed by atoms with Crippen LogP contribution in [0.15, 0.2) is 72.4 Å². The zero-order valence-corrected chi connectivity index (χ0v) is 13.8. The van der Waals surface area contributed by atoms with E-state index in [4.69, 9.17) is 14.3 Å². The maximum absolute atomic E-state index is 5.70. The van der Waals surface area contributed by atoms with E-state index < -0.39 is 0 Å². The second-order valence-electron chi connectivity index (χ2n) is 5.60. The lowest BCUT2D eigenvalue weighted by atomic mass is 10.0. The normalized spacial score (nSPS) is 16.6. The summed E-state index contributed by atoms with van der Waals surface area (Å²) in [5.74, 6) is 1.46. The van der Waals surface area contributed by atoms with E-state index in [9.17, 15) is 0 Å². The number of pyridine rings is 1. The highest BCUT2D eigenvalue weighted by atomic mass is 16.7. The molecule has 4 rings (SSSR count). The molecule has 2 aromatic rings. The first-order chi connectivity index (χ1) is 12.3. The van der Waals surface area contributed by atoms with Crippen LogP contribution in [0.2, 0.25) is 0 Å². The predicted octanol–water partition coefficient (Wildman–Crippen LogP) is 3.45. The standard InChI is InChI=1S/C18H18N4O3/c1-23-22(18-19-16-9-5-6-10-21(16)20-18)17-15(24-11-12-25-17)13-14-7-3-2-4-8-14/h2-3,5-7,9-12H,4,8,13H2,1H3. The summed E-state index contributed by atoms with van der Waals surface area (Å²) in [5.41, 5.74) is 1.99. The van der Waals surface area contributed by atoms with Crippen molar-refractivity contribution in [1.82, 2.24) is 14.6 Å². The smallest absolute Gasteiger partial charge is 0.277 e. The van der Waals surface area contributed by atoms with E-state index in [0.717, 1.165) is 12.8 Å². The van der Waals surface area contributed by atoms with Gasteiger partial charge in [-0.25, -0.2) is 4.52 Å². The van der Waals surface area contributed by atoms with E-state index in [-0.39, 0.29) is 0 Å². The molecule has 25 heavy (non-hydrogen) atoms. The van der Waals surface area contributed by atoms with Gasteiger partial charge in [-0.15, -0.1) is 10.2 Å². The molecule has 7 nitrogen and oxygen atoms in total. The van der Waals surface area contributed by atoms with E-state index in [2.05, 4.69) is 28.3 Å². The van der Waals surface area contributed by atoms with Crippen LogP contribution in [-0.4, -0.2) is 21.7 Å². The summed E-state index contributed by atoms with van der Waals surface area (Å²) in [6.45, 7) is 0. The van der Waals surface area contributed by atoms with Crippen LogP contribution in [0.5, 0.6) is 0 Å². The fourth-order valence-corrected chi connectivity index (χ4v) is 2.76. The number of hydroxylamine groups is 1. The molecule has 0 saturated heterocycles. The molecule has 3 heterocycles. The molecule has 0 aromatic carbocycles. The first kappa shape index (κ1) is 15.5. The molecule has 7 heteroatoms. The van der Waals surface area contributed by atoms with Gasteiger partial charge < -0.3 is 9.47 Å². The molecule has 0 unspecified atom stereocenters. The predicted molar refractivity (Wildman–Crippen MR) is 91.9 cm³/mol. The third-order valence-electron chi connectivity index (χ3n) is 3.95. The molecule has 0 bridgehead atoms. The number of fused-ring (bicyclic) bond motifs is 1. The summed E-state index contributed by atoms with van der Waals surface area (Å²) in [6.07, 6.45) is 13.8. The number of hydrogen-bond donors (Lipinski definition) is 0. The Hall–Kier alpha value is -3.06. The SMILES string of the molecule is CON(C1=C(CC2=CC=CCC2)OC=CO1)c1nc2ccccn2n1. The average molecular weight is 338 g/mol. The van der Waals surface area contributed by atoms with E-state index in [1.165, 1.54) is 23.2 Å². The maximum atomic E-state index is 5.70. The lowest BCUT2D eigenvalue weighted by Gasteiger charge is -2.24. The van der Waals surface area contributed by atoms with Gasteiger partial charge in [0.05, 0.1) is 7.11 Å². The molecule has 128 valence electrons. The molecule has 0 amide bonds. The van der Waals surface area contributed by atoms with Crippen molar-refractivity contribution in [2.45, 2.75) is 19.3 Å². The van der Waals surface area contributed by atoms with Crippen molar-refractivity contribution in [2.24, 2.45) is 0 Å². The van der Waals surface area contributed by atoms with Crippen molar-refractivity contribution >= 4 is 11.6 Å². The fourth-order valence-electron chi connectivity index (χ4n) is 2.76. The number of allylic oxidation sites excluding steroid dienone is 4. The molecule has 2 aromatic heterocycles. The Morgan fingerprint density at radius 2 is 2.20 bits per heavy atom. The third kappa shape index (κ3) is 3.14. The minimum absolute atomic E-state index is 0.373. The summed E-state index contributed by atoms with van der Waals surface area (Å²) in [5, 5.41) is 5.86. The lowest BCUT2D eigenvalue weighted by Crippen LogP contribution is -2.26. The largest absolute Gasteiger partial charge is 0.460 e. The summed E-state index contributed by atoms with van der Waals surface area (Å²) in [6, 6.07) is 5.66. The molecule has 2 aliphatic rings. The topological polar surface area (TPSA) is 61.1 Å². The zero-order chi connectivity index (χ0) is 17.1. The third-order valence-corrected chi connectivity index (χ3v) is 3.95. The van der Waals surface area contributed by atoms with Gasteiger partial charge in [-0.3, -0.25) is 4.84 Å². The Bertz CT molecular complexity index is 862. The summed E-state index contributed by atoms with van der Waals surface area (Å²) < 4.78 is 13.0. The van der Waals surface area contributed by atoms with Gasteiger partial charge >= 0.3 is 0 Å². The molecule has 0 radical (unpaired) electrons. The Labute approximate surface area is 145 Å². The second kappa shape index (κ2) is 6.82. The Morgan fingerprint density at radius 3 is 3.00 bits per heavy atom. The Morgan fingerprint density at radius 1 is 1.28 bits per heavy atom. The zero-order valence-electron chi connectivity index (χ0n) is 13.8. The summed E-state index contributed by atoms with van der Waals surface area (Å²) in [7, 11) is 1.54. The van der Waals surface area contributed by atoms with Gasteiger partial charge in [-0.2, -0.15) is 4.98 Å². The van der Waals surface area contributed by atoms with Gasteiger partial charge in [-0.1, -0.05) is 29.9 Å². The molecular weight excluding hydrogens is 320 g/mol. The van der Waals surface area contributed by atoms with Gasteiger partial charge in [0.15, 0.2) is 11.4 Å². The lowest BCUT2D eigenvalue weighted by molar-refractivity contribution is 0.110. The van der Waals surface area contributed by atoms with Crippen LogP contribution >= 0.6 is 0 Å². The van der Waals surface area contributed by atoms with Gasteiger partial charge in [0, 0.05) is 12.6 Å². The van der Waals surface area contributed by atoms with E-state index in [1.54, 1.807) is 11.6 Å². The number of hydrogen-bond acceptors (Lipinski definition) is 6. The first-order valence-electron chi connectivity index (χ1n) is 8.07. The van der Waals surface area contributed by atoms with Crippen molar-refractivity contribution < 1.29 is 14.3 Å². The molecule has 0 fully saturated rings. The van der Waals surface area contributed by atoms with Crippen molar-refractivity contribution in [3.05, 3.63) is 72.4 Å². The van der Waals surface area contributed by atoms with Crippen LogP contribution in [0.4, 0.5) is 5.95 Å². The number of rotatable bonds is 5. The van der Waals surface area contributed by atoms with Gasteiger partial charge in [0.25, 0.3) is 11.8 Å². The molecule has 0 atom stereocenters. The molecule has 0 saturated carbocycles. The average Bonchev–Trinajstić information content (AvgIpc) is 3.08. The quantitative estimate of drug-likeness (QED) is 0.778. The van der Waals surface area contributed by atoms with Gasteiger partial charge in [0.2, 0.25) is 0 Å². The van der Waals surface area contributed by atoms with Crippen LogP contribution in [0, 0.1) is 0 Å². The maximum Gasteiger partial charge on any atom is 0.277 e. The minimum atomic E-state index is 0.373. The highest BCUT2D eigenvalue weighted by molar-refractivity contribution is 5.46. The van der Waals surface area contributed by atoms with Crippen LogP contribution in [-0.2, 0) is 14.3 Å². The Kier molecular flexibility index (Phi) is 4.22. The van der Waals surface area contributed by atoms with Crippen molar-refractivity contribution in [3.63, 3.8) is 0 Å². The number of ether oxygens (including phenoxy) is 2. The summed E-state index contributed by atoms with van der Waals surface area (Å²) >= 11 is 0. The molecule has 0 spiro atoms. The number of aromatic nitrogens is 3. The van der Waals surface area contributed by atoms with Crippen LogP contribution in [0.25, 0.3) is 5.65 Å². The van der Waals surface area contributed by atoms with Crippen molar-refractivity contribution in [3.8, 4) is 0 Å². The highest BCUT2D eigenvalue weighted by Gasteiger charge is 2.26. The molecular formula is C18H18N4O3. The van der Waals surface area contributed by atoms with E-state index >= 15 is 0 Å². The first-order valence-corrected chi connectivity index (χ1v) is 8.07. The van der Waals surface area contributed by atoms with Crippen LogP contribution in [0.3, 0.4) is 0 Å². The minimum Gasteiger partial charge on any atom is -0.460 e. The monoisotopic (exact) mass is 338 g/mol. The number of anilines is 1. The Balaban J connectivity index is 1.68. The van der Waals surface area contributed by atoms with Crippen molar-refractivity contribution in [1.29, 1.82) is 0 Å². The van der Waals surface area contributed by atoms with Crippen LogP contribution < -0.4 is 5.06 Å². The second-order valence-corrected chi connectivity index (χ2v) is 5.60.